The van der Waals surface area contributed by atoms with Crippen LogP contribution in [0.25, 0.3) is 0 Å². The maximum atomic E-state index is 10.6. The highest BCUT2D eigenvalue weighted by Gasteiger charge is 2.14. The van der Waals surface area contributed by atoms with Gasteiger partial charge in [0.2, 0.25) is 0 Å². The first-order chi connectivity index (χ1) is 7.04. The van der Waals surface area contributed by atoms with Crippen LogP contribution < -0.4 is 4.74 Å². The summed E-state index contributed by atoms with van der Waals surface area (Å²) in [6.07, 6.45) is -0.980. The number of rotatable bonds is 3. The van der Waals surface area contributed by atoms with E-state index in [1.165, 1.54) is 6.92 Å². The third kappa shape index (κ3) is 2.96. The Bertz CT molecular complexity index is 425. The molecule has 0 aromatic heterocycles. The number of nitrogens with zero attached hydrogens (tertiary/aromatic N) is 1. The van der Waals surface area contributed by atoms with Crippen LogP contribution in [-0.4, -0.2) is 17.2 Å². The number of ether oxygens (including phenoxy) is 1. The normalized spacial score (nSPS) is 11.5. The number of nitriles is 1. The zero-order valence-electron chi connectivity index (χ0n) is 7.90. The molecule has 0 heterocycles. The second-order valence-electron chi connectivity index (χ2n) is 2.85. The quantitative estimate of drug-likeness (QED) is 0.913. The first-order valence-corrected chi connectivity index (χ1v) is 4.93. The van der Waals surface area contributed by atoms with Gasteiger partial charge in [0, 0.05) is 4.47 Å². The number of hydrogen-bond acceptors (Lipinski definition) is 3. The fourth-order valence-electron chi connectivity index (χ4n) is 0.927. The van der Waals surface area contributed by atoms with Crippen LogP contribution in [0.1, 0.15) is 12.5 Å². The van der Waals surface area contributed by atoms with Crippen molar-refractivity contribution in [3.63, 3.8) is 0 Å². The van der Waals surface area contributed by atoms with Crippen LogP contribution >= 0.6 is 15.9 Å². The molecule has 0 spiro atoms. The number of carbonyl (C=O) groups is 1. The highest BCUT2D eigenvalue weighted by Crippen LogP contribution is 2.24. The minimum atomic E-state index is -1.07. The van der Waals surface area contributed by atoms with Crippen LogP contribution in [0.4, 0.5) is 0 Å². The van der Waals surface area contributed by atoms with Gasteiger partial charge in [-0.25, -0.2) is 4.79 Å². The lowest BCUT2D eigenvalue weighted by Crippen LogP contribution is -2.23. The minimum absolute atomic E-state index is 0.266. The predicted molar refractivity (Wildman–Crippen MR) is 56.6 cm³/mol. The number of carboxylic acid groups (broad SMARTS) is 1. The molecule has 5 heteroatoms. The van der Waals surface area contributed by atoms with E-state index in [0.717, 1.165) is 4.47 Å². The molecule has 0 saturated heterocycles. The summed E-state index contributed by atoms with van der Waals surface area (Å²) in [6, 6.07) is 6.75. The molecular weight excluding hydrogens is 262 g/mol. The molecule has 0 amide bonds. The van der Waals surface area contributed by atoms with Gasteiger partial charge in [-0.15, -0.1) is 0 Å². The maximum absolute atomic E-state index is 10.6. The van der Waals surface area contributed by atoms with E-state index in [1.807, 2.05) is 6.07 Å². The van der Waals surface area contributed by atoms with Crippen LogP contribution in [0.2, 0.25) is 0 Å². The van der Waals surface area contributed by atoms with Crippen LogP contribution in [0.15, 0.2) is 22.7 Å². The standard InChI is InChI=1S/C10H8BrNO3/c1-6(10(13)14)15-9-4-8(11)3-2-7(9)5-12/h2-4,6H,1H3,(H,13,14)/t6-/m0/s1. The van der Waals surface area contributed by atoms with Crippen molar-refractivity contribution in [2.75, 3.05) is 0 Å². The number of benzene rings is 1. The fourth-order valence-corrected chi connectivity index (χ4v) is 1.27. The number of halogens is 1. The van der Waals surface area contributed by atoms with Gasteiger partial charge in [0.25, 0.3) is 0 Å². The molecule has 15 heavy (non-hydrogen) atoms. The zero-order chi connectivity index (χ0) is 11.4. The van der Waals surface area contributed by atoms with E-state index >= 15 is 0 Å². The molecule has 0 aliphatic carbocycles. The number of carboxylic acids is 1. The summed E-state index contributed by atoms with van der Waals surface area (Å²) in [5.74, 6) is -0.805. The van der Waals surface area contributed by atoms with E-state index in [2.05, 4.69) is 15.9 Å². The van der Waals surface area contributed by atoms with Crippen LogP contribution in [0, 0.1) is 11.3 Å². The molecule has 0 unspecified atom stereocenters. The molecule has 1 aromatic rings. The SMILES string of the molecule is C[C@H](Oc1cc(Br)ccc1C#N)C(=O)O. The summed E-state index contributed by atoms with van der Waals surface area (Å²) < 4.78 is 5.86. The van der Waals surface area contributed by atoms with Gasteiger partial charge < -0.3 is 9.84 Å². The number of hydrogen-bond donors (Lipinski definition) is 1. The van der Waals surface area contributed by atoms with Crippen molar-refractivity contribution < 1.29 is 14.6 Å². The van der Waals surface area contributed by atoms with Gasteiger partial charge in [0.05, 0.1) is 5.56 Å². The highest BCUT2D eigenvalue weighted by molar-refractivity contribution is 9.10. The molecule has 1 rings (SSSR count). The maximum Gasteiger partial charge on any atom is 0.344 e. The fraction of sp³-hybridized carbons (Fsp3) is 0.200. The van der Waals surface area contributed by atoms with E-state index in [9.17, 15) is 4.79 Å². The van der Waals surface area contributed by atoms with Crippen LogP contribution in [0.5, 0.6) is 5.75 Å². The second kappa shape index (κ2) is 4.80. The average Bonchev–Trinajstić information content (AvgIpc) is 2.18. The molecule has 78 valence electrons. The zero-order valence-corrected chi connectivity index (χ0v) is 9.48. The van der Waals surface area contributed by atoms with Crippen molar-refractivity contribution in [3.05, 3.63) is 28.2 Å². The smallest absolute Gasteiger partial charge is 0.344 e. The molecule has 0 aliphatic heterocycles. The first kappa shape index (κ1) is 11.5. The van der Waals surface area contributed by atoms with Gasteiger partial charge in [0.1, 0.15) is 11.8 Å². The summed E-state index contributed by atoms with van der Waals surface area (Å²) in [4.78, 5) is 10.6. The second-order valence-corrected chi connectivity index (χ2v) is 3.77. The van der Waals surface area contributed by atoms with Crippen LogP contribution in [-0.2, 0) is 4.79 Å². The van der Waals surface area contributed by atoms with Crippen molar-refractivity contribution in [3.8, 4) is 11.8 Å². The van der Waals surface area contributed by atoms with E-state index in [1.54, 1.807) is 18.2 Å². The molecule has 0 aliphatic rings. The average molecular weight is 270 g/mol. The molecule has 0 radical (unpaired) electrons. The van der Waals surface area contributed by atoms with Gasteiger partial charge in [-0.05, 0) is 25.1 Å². The van der Waals surface area contributed by atoms with Crippen molar-refractivity contribution in [2.45, 2.75) is 13.0 Å². The highest BCUT2D eigenvalue weighted by atomic mass is 79.9. The molecule has 0 saturated carbocycles. The summed E-state index contributed by atoms with van der Waals surface area (Å²) in [5, 5.41) is 17.4. The van der Waals surface area contributed by atoms with Gasteiger partial charge in [-0.1, -0.05) is 15.9 Å². The Hall–Kier alpha value is -1.54. The van der Waals surface area contributed by atoms with Crippen molar-refractivity contribution in [1.29, 1.82) is 5.26 Å². The third-order valence-corrected chi connectivity index (χ3v) is 2.21. The summed E-state index contributed by atoms with van der Waals surface area (Å²) in [7, 11) is 0. The lowest BCUT2D eigenvalue weighted by molar-refractivity contribution is -0.144. The minimum Gasteiger partial charge on any atom is -0.479 e. The largest absolute Gasteiger partial charge is 0.479 e. The van der Waals surface area contributed by atoms with Crippen molar-refractivity contribution in [1.82, 2.24) is 0 Å². The monoisotopic (exact) mass is 269 g/mol. The van der Waals surface area contributed by atoms with Gasteiger partial charge >= 0.3 is 5.97 Å². The molecule has 1 N–H and O–H groups in total. The Morgan fingerprint density at radius 1 is 1.67 bits per heavy atom. The van der Waals surface area contributed by atoms with Gasteiger partial charge in [-0.2, -0.15) is 5.26 Å². The Kier molecular flexibility index (Phi) is 3.69. The Morgan fingerprint density at radius 2 is 2.33 bits per heavy atom. The van der Waals surface area contributed by atoms with Gasteiger partial charge in [0.15, 0.2) is 6.10 Å². The topological polar surface area (TPSA) is 70.3 Å². The Labute approximate surface area is 95.2 Å². The lowest BCUT2D eigenvalue weighted by Gasteiger charge is -2.11. The molecule has 1 aromatic carbocycles. The van der Waals surface area contributed by atoms with Crippen LogP contribution in [0.3, 0.4) is 0 Å². The first-order valence-electron chi connectivity index (χ1n) is 4.13. The Balaban J connectivity index is 2.98. The summed E-state index contributed by atoms with van der Waals surface area (Å²) in [5.41, 5.74) is 0.311. The molecule has 4 nitrogen and oxygen atoms in total. The Morgan fingerprint density at radius 3 is 2.87 bits per heavy atom. The predicted octanol–water partition coefficient (Wildman–Crippen LogP) is 2.17. The van der Waals surface area contributed by atoms with E-state index in [-0.39, 0.29) is 5.75 Å². The van der Waals surface area contributed by atoms with E-state index < -0.39 is 12.1 Å². The molecule has 0 fully saturated rings. The molecule has 1 atom stereocenters. The van der Waals surface area contributed by atoms with Crippen molar-refractivity contribution in [2.24, 2.45) is 0 Å². The summed E-state index contributed by atoms with van der Waals surface area (Å²) in [6.45, 7) is 1.41. The van der Waals surface area contributed by atoms with E-state index in [4.69, 9.17) is 15.1 Å². The lowest BCUT2D eigenvalue weighted by atomic mass is 10.2. The summed E-state index contributed by atoms with van der Waals surface area (Å²) >= 11 is 3.22. The van der Waals surface area contributed by atoms with Gasteiger partial charge in [-0.3, -0.25) is 0 Å². The number of aliphatic carboxylic acids is 1. The van der Waals surface area contributed by atoms with E-state index in [0.29, 0.717) is 5.56 Å². The third-order valence-electron chi connectivity index (χ3n) is 1.72. The van der Waals surface area contributed by atoms with Crippen molar-refractivity contribution >= 4 is 21.9 Å². The molecular formula is C10H8BrNO3. The molecule has 0 bridgehead atoms.